The molecule has 3 aliphatic rings. The van der Waals surface area contributed by atoms with Gasteiger partial charge in [-0.05, 0) is 79.8 Å². The fraction of sp³-hybridized carbons (Fsp3) is 0.973. The molecule has 3 heterocycles. The van der Waals surface area contributed by atoms with Gasteiger partial charge in [0.25, 0.3) is 0 Å². The summed E-state index contributed by atoms with van der Waals surface area (Å²) in [7, 11) is 5.30. The van der Waals surface area contributed by atoms with Gasteiger partial charge in [-0.2, -0.15) is 0 Å². The number of aliphatic hydroxyl groups excluding tert-OH is 3. The second-order valence-electron chi connectivity index (χ2n) is 16.5. The van der Waals surface area contributed by atoms with Crippen LogP contribution in [0.25, 0.3) is 0 Å². The maximum atomic E-state index is 14.1. The van der Waals surface area contributed by atoms with Crippen molar-refractivity contribution in [3.63, 3.8) is 0 Å². The third kappa shape index (κ3) is 9.57. The van der Waals surface area contributed by atoms with Gasteiger partial charge in [0.05, 0.1) is 47.6 Å². The summed E-state index contributed by atoms with van der Waals surface area (Å²) in [6.07, 6.45) is -6.88. The molecule has 294 valence electrons. The lowest BCUT2D eigenvalue weighted by Gasteiger charge is -2.49. The van der Waals surface area contributed by atoms with E-state index in [-0.39, 0.29) is 36.8 Å². The summed E-state index contributed by atoms with van der Waals surface area (Å²) in [5, 5.41) is 46.3. The zero-order valence-corrected chi connectivity index (χ0v) is 32.8. The maximum Gasteiger partial charge on any atom is 0.311 e. The molecule has 0 bridgehead atoms. The number of carbonyl (C=O) groups is 1. The summed E-state index contributed by atoms with van der Waals surface area (Å²) in [5.74, 6) is -3.20. The summed E-state index contributed by atoms with van der Waals surface area (Å²) in [4.78, 5) is 16.0. The quantitative estimate of drug-likeness (QED) is 0.242. The molecule has 3 aliphatic heterocycles. The molecular weight excluding hydrogens is 648 g/mol. The largest absolute Gasteiger partial charge is 0.462 e. The smallest absolute Gasteiger partial charge is 0.311 e. The van der Waals surface area contributed by atoms with Crippen LogP contribution in [0.3, 0.4) is 0 Å². The van der Waals surface area contributed by atoms with Crippen LogP contribution in [-0.4, -0.2) is 137 Å². The van der Waals surface area contributed by atoms with E-state index in [4.69, 9.17) is 34.2 Å². The zero-order chi connectivity index (χ0) is 38.0. The van der Waals surface area contributed by atoms with Gasteiger partial charge >= 0.3 is 5.97 Å². The molecule has 0 aromatic heterocycles. The number of esters is 1. The minimum absolute atomic E-state index is 0.166. The molecule has 6 N–H and O–H groups in total. The fourth-order valence-electron chi connectivity index (χ4n) is 8.58. The van der Waals surface area contributed by atoms with Crippen LogP contribution in [0.4, 0.5) is 0 Å². The lowest BCUT2D eigenvalue weighted by atomic mass is 9.73. The van der Waals surface area contributed by atoms with Crippen LogP contribution in [-0.2, 0) is 33.2 Å². The molecule has 3 rings (SSSR count). The molecule has 0 radical (unpaired) electrons. The first kappa shape index (κ1) is 43.4. The Hall–Kier alpha value is -0.970. The Morgan fingerprint density at radius 3 is 2.10 bits per heavy atom. The molecule has 3 fully saturated rings. The standard InChI is InChI=1S/C37H70N2O11/c1-14-26-20(4)29(40)21(5)28(38)18(2)16-36(9,44)33(50-35-30(41)25(39(11)12)15-19(3)46-35)22(6)31(23(7)34(43)48-26)49-27-17-37(10,45-13)32(42)24(8)47-27/h18-33,35,40-42,44H,14-17,38H2,1-13H3/t18-,19-,20+,21+,22+,23-,24+,25+,26-,27+,28+,29+,30-,31+,32+,33-,35+,36-,37-/m1/s1. The summed E-state index contributed by atoms with van der Waals surface area (Å²) in [6.45, 7) is 18.2. The number of hydrogen-bond donors (Lipinski definition) is 5. The van der Waals surface area contributed by atoms with E-state index in [1.165, 1.54) is 7.11 Å². The van der Waals surface area contributed by atoms with Crippen LogP contribution in [0.1, 0.15) is 94.9 Å². The average Bonchev–Trinajstić information content (AvgIpc) is 3.05. The number of carbonyl (C=O) groups excluding carboxylic acids is 1. The molecule has 13 nitrogen and oxygen atoms in total. The Balaban J connectivity index is 2.15. The third-order valence-electron chi connectivity index (χ3n) is 12.1. The minimum Gasteiger partial charge on any atom is -0.462 e. The van der Waals surface area contributed by atoms with E-state index in [1.54, 1.807) is 27.7 Å². The number of ether oxygens (including phenoxy) is 6. The third-order valence-corrected chi connectivity index (χ3v) is 12.1. The lowest BCUT2D eigenvalue weighted by molar-refractivity contribution is -0.318. The topological polar surface area (TPSA) is 183 Å². The van der Waals surface area contributed by atoms with Gasteiger partial charge in [-0.15, -0.1) is 0 Å². The van der Waals surface area contributed by atoms with Crippen molar-refractivity contribution in [1.82, 2.24) is 4.90 Å². The highest BCUT2D eigenvalue weighted by Gasteiger charge is 2.52. The normalized spacial score (nSPS) is 50.5. The molecule has 50 heavy (non-hydrogen) atoms. The first-order valence-corrected chi connectivity index (χ1v) is 18.7. The van der Waals surface area contributed by atoms with Crippen molar-refractivity contribution < 1.29 is 53.6 Å². The number of nitrogens with zero attached hydrogens (tertiary/aromatic N) is 1. The highest BCUT2D eigenvalue weighted by atomic mass is 16.7. The summed E-state index contributed by atoms with van der Waals surface area (Å²) in [5.41, 5.74) is 4.22. The minimum atomic E-state index is -1.58. The highest BCUT2D eigenvalue weighted by molar-refractivity contribution is 5.73. The van der Waals surface area contributed by atoms with Crippen LogP contribution < -0.4 is 5.73 Å². The van der Waals surface area contributed by atoms with Crippen molar-refractivity contribution in [2.75, 3.05) is 21.2 Å². The van der Waals surface area contributed by atoms with Crippen LogP contribution in [0.2, 0.25) is 0 Å². The van der Waals surface area contributed by atoms with E-state index in [0.717, 1.165) is 0 Å². The molecule has 0 saturated carbocycles. The van der Waals surface area contributed by atoms with Crippen LogP contribution >= 0.6 is 0 Å². The van der Waals surface area contributed by atoms with Crippen molar-refractivity contribution in [3.8, 4) is 0 Å². The molecule has 0 amide bonds. The van der Waals surface area contributed by atoms with Crippen molar-refractivity contribution >= 4 is 5.97 Å². The maximum absolute atomic E-state index is 14.1. The Kier molecular flexibility index (Phi) is 15.2. The average molecular weight is 719 g/mol. The Morgan fingerprint density at radius 2 is 1.54 bits per heavy atom. The van der Waals surface area contributed by atoms with Crippen LogP contribution in [0, 0.1) is 29.6 Å². The SMILES string of the molecule is CC[C@H]1OC(=O)[C@H](C)[C@@H](O[C@H]2C[C@@](C)(OC)[C@@H](O)[C@H](C)O2)[C@H](C)[C@@H](O[C@@H]2O[C@H](C)C[C@H](N(C)C)[C@H]2O)[C@](C)(O)C[C@@H](C)[C@H](N)[C@H](C)[C@@H](O)[C@H]1C. The van der Waals surface area contributed by atoms with Gasteiger partial charge in [-0.25, -0.2) is 0 Å². The highest BCUT2D eigenvalue weighted by Crippen LogP contribution is 2.40. The van der Waals surface area contributed by atoms with E-state index >= 15 is 0 Å². The van der Waals surface area contributed by atoms with Crippen LogP contribution in [0.5, 0.6) is 0 Å². The van der Waals surface area contributed by atoms with E-state index in [1.807, 2.05) is 60.5 Å². The van der Waals surface area contributed by atoms with Crippen LogP contribution in [0.15, 0.2) is 0 Å². The second kappa shape index (κ2) is 17.4. The number of likely N-dealkylation sites (N-methyl/N-ethyl adjacent to an activating group) is 1. The molecule has 0 unspecified atom stereocenters. The molecule has 0 aromatic rings. The van der Waals surface area contributed by atoms with Crippen molar-refractivity contribution in [2.24, 2.45) is 35.3 Å². The number of methoxy groups -OCH3 is 1. The van der Waals surface area contributed by atoms with Crippen molar-refractivity contribution in [1.29, 1.82) is 0 Å². The van der Waals surface area contributed by atoms with Crippen molar-refractivity contribution in [3.05, 3.63) is 0 Å². The van der Waals surface area contributed by atoms with Gasteiger partial charge in [0, 0.05) is 37.5 Å². The predicted octanol–water partition coefficient (Wildman–Crippen LogP) is 2.43. The Bertz CT molecular complexity index is 1080. The summed E-state index contributed by atoms with van der Waals surface area (Å²) in [6, 6.07) is -0.775. The van der Waals surface area contributed by atoms with Gasteiger partial charge in [0.1, 0.15) is 18.3 Å². The molecule has 0 spiro atoms. The van der Waals surface area contributed by atoms with Gasteiger partial charge < -0.3 is 59.5 Å². The summed E-state index contributed by atoms with van der Waals surface area (Å²) >= 11 is 0. The summed E-state index contributed by atoms with van der Waals surface area (Å²) < 4.78 is 37.6. The van der Waals surface area contributed by atoms with E-state index in [2.05, 4.69) is 0 Å². The second-order valence-corrected chi connectivity index (χ2v) is 16.5. The fourth-order valence-corrected chi connectivity index (χ4v) is 8.58. The molecular formula is C37H70N2O11. The molecule has 0 aliphatic carbocycles. The molecule has 0 aromatic carbocycles. The van der Waals surface area contributed by atoms with Gasteiger partial charge in [0.15, 0.2) is 12.6 Å². The Morgan fingerprint density at radius 1 is 0.920 bits per heavy atom. The lowest BCUT2D eigenvalue weighted by Crippen LogP contribution is -2.61. The molecule has 13 heteroatoms. The predicted molar refractivity (Wildman–Crippen MR) is 188 cm³/mol. The van der Waals surface area contributed by atoms with E-state index in [0.29, 0.717) is 12.8 Å². The first-order chi connectivity index (χ1) is 23.1. The van der Waals surface area contributed by atoms with E-state index < -0.39 is 96.3 Å². The number of cyclic esters (lactones) is 1. The number of nitrogens with two attached hydrogens (primary N) is 1. The van der Waals surface area contributed by atoms with Gasteiger partial charge in [-0.1, -0.05) is 34.6 Å². The first-order valence-electron chi connectivity index (χ1n) is 18.7. The number of rotatable bonds is 7. The van der Waals surface area contributed by atoms with Crippen molar-refractivity contribution in [2.45, 2.75) is 180 Å². The Labute approximate surface area is 300 Å². The number of hydrogen-bond acceptors (Lipinski definition) is 13. The molecule has 19 atom stereocenters. The zero-order valence-electron chi connectivity index (χ0n) is 32.8. The molecule has 3 saturated heterocycles. The van der Waals surface area contributed by atoms with E-state index in [9.17, 15) is 25.2 Å². The monoisotopic (exact) mass is 718 g/mol. The number of aliphatic hydroxyl groups is 4. The van der Waals surface area contributed by atoms with Gasteiger partial charge in [0.2, 0.25) is 0 Å². The van der Waals surface area contributed by atoms with Gasteiger partial charge in [-0.3, -0.25) is 4.79 Å².